The first-order chi connectivity index (χ1) is 8.79. The maximum absolute atomic E-state index is 5.10. The van der Waals surface area contributed by atoms with Crippen LogP contribution in [0.3, 0.4) is 0 Å². The number of thiophene rings is 1. The summed E-state index contributed by atoms with van der Waals surface area (Å²) in [6, 6.07) is 8.55. The van der Waals surface area contributed by atoms with Crippen LogP contribution >= 0.6 is 11.3 Å². The van der Waals surface area contributed by atoms with E-state index in [2.05, 4.69) is 47.3 Å². The molecule has 96 valence electrons. The molecule has 1 N–H and O–H groups in total. The van der Waals surface area contributed by atoms with Crippen LogP contribution in [-0.4, -0.2) is 7.11 Å². The average Bonchev–Trinajstić information content (AvgIpc) is 2.78. The molecule has 0 aliphatic rings. The Morgan fingerprint density at radius 3 is 2.39 bits per heavy atom. The first-order valence-electron chi connectivity index (χ1n) is 6.08. The van der Waals surface area contributed by atoms with Crippen molar-refractivity contribution in [1.82, 2.24) is 5.32 Å². The minimum Gasteiger partial charge on any atom is -0.380 e. The number of hydrogen-bond donors (Lipinski definition) is 1. The first kappa shape index (κ1) is 13.3. The van der Waals surface area contributed by atoms with Gasteiger partial charge in [-0.3, -0.25) is 0 Å². The van der Waals surface area contributed by atoms with E-state index in [-0.39, 0.29) is 0 Å². The summed E-state index contributed by atoms with van der Waals surface area (Å²) < 4.78 is 5.10. The van der Waals surface area contributed by atoms with Crippen LogP contribution in [0.4, 0.5) is 0 Å². The van der Waals surface area contributed by atoms with Gasteiger partial charge in [-0.25, -0.2) is 0 Å². The normalized spacial score (nSPS) is 10.8. The van der Waals surface area contributed by atoms with E-state index in [4.69, 9.17) is 4.74 Å². The molecule has 0 bridgehead atoms. The molecule has 0 fully saturated rings. The molecule has 0 radical (unpaired) electrons. The van der Waals surface area contributed by atoms with Crippen molar-refractivity contribution in [2.75, 3.05) is 7.11 Å². The van der Waals surface area contributed by atoms with E-state index < -0.39 is 0 Å². The molecule has 2 rings (SSSR count). The van der Waals surface area contributed by atoms with E-state index in [1.165, 1.54) is 22.3 Å². The molecule has 1 heterocycles. The van der Waals surface area contributed by atoms with Crippen LogP contribution in [0.1, 0.15) is 22.3 Å². The highest BCUT2D eigenvalue weighted by atomic mass is 32.1. The molecule has 2 aromatic rings. The van der Waals surface area contributed by atoms with Gasteiger partial charge in [0.2, 0.25) is 0 Å². The Kier molecular flexibility index (Phi) is 4.93. The van der Waals surface area contributed by atoms with E-state index in [9.17, 15) is 0 Å². The van der Waals surface area contributed by atoms with Gasteiger partial charge in [0.1, 0.15) is 0 Å². The first-order valence-corrected chi connectivity index (χ1v) is 7.03. The molecule has 3 heteroatoms. The lowest BCUT2D eigenvalue weighted by Crippen LogP contribution is -2.12. The predicted octanol–water partition coefficient (Wildman–Crippen LogP) is 3.49. The summed E-state index contributed by atoms with van der Waals surface area (Å²) >= 11 is 1.77. The van der Waals surface area contributed by atoms with Crippen molar-refractivity contribution in [3.05, 3.63) is 57.3 Å². The third-order valence-electron chi connectivity index (χ3n) is 2.94. The summed E-state index contributed by atoms with van der Waals surface area (Å²) in [5, 5.41) is 7.88. The average molecular weight is 261 g/mol. The molecule has 0 saturated heterocycles. The molecule has 1 aromatic carbocycles. The Labute approximate surface area is 113 Å². The van der Waals surface area contributed by atoms with Crippen molar-refractivity contribution in [3.8, 4) is 0 Å². The maximum atomic E-state index is 5.10. The van der Waals surface area contributed by atoms with Crippen LogP contribution in [0.5, 0.6) is 0 Å². The number of aryl methyl sites for hydroxylation is 1. The van der Waals surface area contributed by atoms with E-state index >= 15 is 0 Å². The second-order valence-corrected chi connectivity index (χ2v) is 5.18. The maximum Gasteiger partial charge on any atom is 0.0713 e. The molecule has 0 atom stereocenters. The highest BCUT2D eigenvalue weighted by Gasteiger charge is 1.99. The monoisotopic (exact) mass is 261 g/mol. The SMILES string of the molecule is COCc1ccc(CNCc2cscc2C)cc1. The van der Waals surface area contributed by atoms with Crippen LogP contribution in [0, 0.1) is 6.92 Å². The van der Waals surface area contributed by atoms with Gasteiger partial charge < -0.3 is 10.1 Å². The van der Waals surface area contributed by atoms with Crippen LogP contribution in [0.2, 0.25) is 0 Å². The Bertz CT molecular complexity index is 475. The minimum atomic E-state index is 0.682. The van der Waals surface area contributed by atoms with Gasteiger partial charge in [0.25, 0.3) is 0 Å². The van der Waals surface area contributed by atoms with Crippen LogP contribution < -0.4 is 5.32 Å². The summed E-state index contributed by atoms with van der Waals surface area (Å²) in [6.45, 7) is 4.69. The quantitative estimate of drug-likeness (QED) is 0.859. The zero-order valence-corrected chi connectivity index (χ0v) is 11.7. The standard InChI is InChI=1S/C15H19NOS/c1-12-10-18-11-15(12)8-16-7-13-3-5-14(6-4-13)9-17-2/h3-6,10-11,16H,7-9H2,1-2H3. The number of rotatable bonds is 6. The van der Waals surface area contributed by atoms with Crippen molar-refractivity contribution in [3.63, 3.8) is 0 Å². The van der Waals surface area contributed by atoms with Crippen molar-refractivity contribution in [1.29, 1.82) is 0 Å². The lowest BCUT2D eigenvalue weighted by atomic mass is 10.1. The molecule has 0 spiro atoms. The van der Waals surface area contributed by atoms with Crippen LogP contribution in [-0.2, 0) is 24.4 Å². The second-order valence-electron chi connectivity index (χ2n) is 4.43. The number of ether oxygens (including phenoxy) is 1. The molecule has 0 amide bonds. The minimum absolute atomic E-state index is 0.682. The van der Waals surface area contributed by atoms with E-state index in [0.29, 0.717) is 6.61 Å². The van der Waals surface area contributed by atoms with Crippen LogP contribution in [0.25, 0.3) is 0 Å². The van der Waals surface area contributed by atoms with Crippen molar-refractivity contribution in [2.24, 2.45) is 0 Å². The molecule has 18 heavy (non-hydrogen) atoms. The molecule has 0 saturated carbocycles. The van der Waals surface area contributed by atoms with Gasteiger partial charge in [-0.1, -0.05) is 24.3 Å². The molecule has 1 aromatic heterocycles. The lowest BCUT2D eigenvalue weighted by molar-refractivity contribution is 0.185. The van der Waals surface area contributed by atoms with Gasteiger partial charge in [0.05, 0.1) is 6.61 Å². The number of methoxy groups -OCH3 is 1. The summed E-state index contributed by atoms with van der Waals surface area (Å²) in [5.74, 6) is 0. The lowest BCUT2D eigenvalue weighted by Gasteiger charge is -2.06. The Balaban J connectivity index is 1.81. The Morgan fingerprint density at radius 2 is 1.78 bits per heavy atom. The van der Waals surface area contributed by atoms with Gasteiger partial charge in [0.15, 0.2) is 0 Å². The summed E-state index contributed by atoms with van der Waals surface area (Å²) in [6.07, 6.45) is 0. The van der Waals surface area contributed by atoms with Gasteiger partial charge in [-0.15, -0.1) is 0 Å². The zero-order valence-electron chi connectivity index (χ0n) is 10.9. The second kappa shape index (κ2) is 6.69. The molecular formula is C15H19NOS. The molecule has 2 nitrogen and oxygen atoms in total. The van der Waals surface area contributed by atoms with Gasteiger partial charge in [-0.05, 0) is 39.9 Å². The third-order valence-corrected chi connectivity index (χ3v) is 3.85. The highest BCUT2D eigenvalue weighted by Crippen LogP contribution is 2.13. The summed E-state index contributed by atoms with van der Waals surface area (Å²) in [7, 11) is 1.72. The van der Waals surface area contributed by atoms with Crippen molar-refractivity contribution in [2.45, 2.75) is 26.6 Å². The topological polar surface area (TPSA) is 21.3 Å². The molecule has 0 aliphatic carbocycles. The largest absolute Gasteiger partial charge is 0.380 e. The number of nitrogens with one attached hydrogen (secondary N) is 1. The van der Waals surface area contributed by atoms with Crippen molar-refractivity contribution >= 4 is 11.3 Å². The summed E-state index contributed by atoms with van der Waals surface area (Å²) in [4.78, 5) is 0. The Hall–Kier alpha value is -1.16. The van der Waals surface area contributed by atoms with E-state index in [1.54, 1.807) is 18.4 Å². The summed E-state index contributed by atoms with van der Waals surface area (Å²) in [5.41, 5.74) is 5.30. The highest BCUT2D eigenvalue weighted by molar-refractivity contribution is 7.08. The fourth-order valence-corrected chi connectivity index (χ4v) is 2.69. The molecule has 0 aliphatic heterocycles. The zero-order chi connectivity index (χ0) is 12.8. The number of hydrogen-bond acceptors (Lipinski definition) is 3. The predicted molar refractivity (Wildman–Crippen MR) is 76.8 cm³/mol. The molecule has 0 unspecified atom stereocenters. The fourth-order valence-electron chi connectivity index (χ4n) is 1.83. The van der Waals surface area contributed by atoms with Gasteiger partial charge >= 0.3 is 0 Å². The van der Waals surface area contributed by atoms with Crippen molar-refractivity contribution < 1.29 is 4.74 Å². The number of benzene rings is 1. The third kappa shape index (κ3) is 3.67. The fraction of sp³-hybridized carbons (Fsp3) is 0.333. The van der Waals surface area contributed by atoms with E-state index in [0.717, 1.165) is 13.1 Å². The molecular weight excluding hydrogens is 242 g/mol. The van der Waals surface area contributed by atoms with Gasteiger partial charge in [-0.2, -0.15) is 11.3 Å². The van der Waals surface area contributed by atoms with Crippen LogP contribution in [0.15, 0.2) is 35.0 Å². The Morgan fingerprint density at radius 1 is 1.06 bits per heavy atom. The van der Waals surface area contributed by atoms with Gasteiger partial charge in [0, 0.05) is 20.2 Å². The smallest absolute Gasteiger partial charge is 0.0713 e. The van der Waals surface area contributed by atoms with E-state index in [1.807, 2.05) is 0 Å².